The molecular formula is C21H26ClN3O3S. The van der Waals surface area contributed by atoms with Crippen LogP contribution in [-0.4, -0.2) is 32.5 Å². The molecule has 0 spiro atoms. The summed E-state index contributed by atoms with van der Waals surface area (Å²) in [6.07, 6.45) is 4.15. The van der Waals surface area contributed by atoms with Crippen molar-refractivity contribution in [2.75, 3.05) is 4.72 Å². The van der Waals surface area contributed by atoms with E-state index in [-0.39, 0.29) is 34.9 Å². The number of para-hydroxylation sites is 1. The van der Waals surface area contributed by atoms with Gasteiger partial charge in [0.2, 0.25) is 0 Å². The molecule has 3 N–H and O–H groups in total. The maximum absolute atomic E-state index is 12.9. The molecule has 2 aromatic rings. The second kappa shape index (κ2) is 8.73. The van der Waals surface area contributed by atoms with Crippen molar-refractivity contribution in [3.05, 3.63) is 59.7 Å². The summed E-state index contributed by atoms with van der Waals surface area (Å²) in [5.74, 6) is -0.242. The summed E-state index contributed by atoms with van der Waals surface area (Å²) in [7, 11) is -3.77. The van der Waals surface area contributed by atoms with E-state index in [0.29, 0.717) is 17.6 Å². The van der Waals surface area contributed by atoms with Gasteiger partial charge in [-0.3, -0.25) is 9.52 Å². The molecule has 0 aliphatic carbocycles. The molecule has 4 rings (SSSR count). The first-order valence-corrected chi connectivity index (χ1v) is 11.1. The maximum atomic E-state index is 12.9. The van der Waals surface area contributed by atoms with E-state index >= 15 is 0 Å². The second-order valence-electron chi connectivity index (χ2n) is 7.74. The highest BCUT2D eigenvalue weighted by atomic mass is 35.5. The van der Waals surface area contributed by atoms with E-state index in [2.05, 4.69) is 15.4 Å². The van der Waals surface area contributed by atoms with Gasteiger partial charge in [0.15, 0.2) is 0 Å². The summed E-state index contributed by atoms with van der Waals surface area (Å²) in [5.41, 5.74) is 1.61. The Morgan fingerprint density at radius 1 is 1.00 bits per heavy atom. The molecule has 6 nitrogen and oxygen atoms in total. The van der Waals surface area contributed by atoms with Crippen LogP contribution >= 0.6 is 12.4 Å². The third-order valence-corrected chi connectivity index (χ3v) is 6.94. The van der Waals surface area contributed by atoms with Gasteiger partial charge >= 0.3 is 0 Å². The van der Waals surface area contributed by atoms with Crippen molar-refractivity contribution < 1.29 is 13.2 Å². The number of amides is 1. The van der Waals surface area contributed by atoms with E-state index in [0.717, 1.165) is 31.2 Å². The molecule has 2 atom stereocenters. The third kappa shape index (κ3) is 4.91. The Balaban J connectivity index is 0.00000240. The van der Waals surface area contributed by atoms with Gasteiger partial charge in [-0.1, -0.05) is 29.8 Å². The quantitative estimate of drug-likeness (QED) is 0.672. The normalized spacial score (nSPS) is 23.1. The minimum Gasteiger partial charge on any atom is -0.349 e. The molecule has 2 aromatic carbocycles. The zero-order valence-electron chi connectivity index (χ0n) is 16.2. The lowest BCUT2D eigenvalue weighted by atomic mass is 9.99. The molecule has 2 aliphatic rings. The molecule has 0 saturated carbocycles. The molecule has 29 heavy (non-hydrogen) atoms. The Hall–Kier alpha value is -2.09. The highest BCUT2D eigenvalue weighted by Crippen LogP contribution is 2.27. The van der Waals surface area contributed by atoms with Crippen LogP contribution < -0.4 is 15.4 Å². The smallest absolute Gasteiger partial charge is 0.261 e. The number of halogens is 1. The fourth-order valence-electron chi connectivity index (χ4n) is 4.13. The summed E-state index contributed by atoms with van der Waals surface area (Å²) < 4.78 is 28.0. The van der Waals surface area contributed by atoms with E-state index in [1.54, 1.807) is 48.5 Å². The van der Waals surface area contributed by atoms with Gasteiger partial charge in [-0.25, -0.2) is 8.42 Å². The van der Waals surface area contributed by atoms with Crippen LogP contribution in [0.1, 0.15) is 41.6 Å². The van der Waals surface area contributed by atoms with Crippen LogP contribution in [-0.2, 0) is 10.0 Å². The fourth-order valence-corrected chi connectivity index (χ4v) is 5.21. The molecule has 0 radical (unpaired) electrons. The van der Waals surface area contributed by atoms with Crippen molar-refractivity contribution in [3.8, 4) is 0 Å². The van der Waals surface area contributed by atoms with E-state index in [4.69, 9.17) is 0 Å². The highest BCUT2D eigenvalue weighted by Gasteiger charge is 2.34. The van der Waals surface area contributed by atoms with Crippen molar-refractivity contribution in [2.24, 2.45) is 0 Å². The van der Waals surface area contributed by atoms with Gasteiger partial charge < -0.3 is 10.6 Å². The number of benzene rings is 2. The summed E-state index contributed by atoms with van der Waals surface area (Å²) >= 11 is 0. The lowest BCUT2D eigenvalue weighted by Crippen LogP contribution is -2.48. The third-order valence-electron chi connectivity index (χ3n) is 5.56. The number of fused-ring (bicyclic) bond motifs is 2. The minimum atomic E-state index is -3.77. The van der Waals surface area contributed by atoms with Crippen LogP contribution in [0.3, 0.4) is 0 Å². The summed E-state index contributed by atoms with van der Waals surface area (Å²) in [6, 6.07) is 14.4. The van der Waals surface area contributed by atoms with E-state index in [1.807, 2.05) is 6.92 Å². The first-order valence-electron chi connectivity index (χ1n) is 9.66. The standard InChI is InChI=1S/C21H25N3O3S.ClH/c1-14-6-10-18(11-7-14)28(26,27)24-20-5-3-2-4-19(20)21(25)23-17-12-15-8-9-16(13-17)22-15;/h2-7,10-11,15-17,22,24H,8-9,12-13H2,1H3,(H,23,25);1H. The largest absolute Gasteiger partial charge is 0.349 e. The topological polar surface area (TPSA) is 87.3 Å². The minimum absolute atomic E-state index is 0. The number of piperidine rings is 1. The Morgan fingerprint density at radius 2 is 1.62 bits per heavy atom. The molecular weight excluding hydrogens is 410 g/mol. The zero-order valence-corrected chi connectivity index (χ0v) is 17.9. The Labute approximate surface area is 177 Å². The van der Waals surface area contributed by atoms with Crippen LogP contribution in [0.15, 0.2) is 53.4 Å². The number of rotatable bonds is 5. The first kappa shape index (κ1) is 21.6. The second-order valence-corrected chi connectivity index (χ2v) is 9.43. The van der Waals surface area contributed by atoms with Crippen molar-refractivity contribution >= 4 is 34.0 Å². The molecule has 156 valence electrons. The number of nitrogens with one attached hydrogen (secondary N) is 3. The molecule has 8 heteroatoms. The van der Waals surface area contributed by atoms with Crippen LogP contribution in [0, 0.1) is 6.92 Å². The van der Waals surface area contributed by atoms with Gasteiger partial charge in [-0.05, 0) is 56.9 Å². The van der Waals surface area contributed by atoms with Gasteiger partial charge in [-0.15, -0.1) is 12.4 Å². The SMILES string of the molecule is Cc1ccc(S(=O)(=O)Nc2ccccc2C(=O)NC2CC3CCC(C2)N3)cc1.Cl. The number of hydrogen-bond acceptors (Lipinski definition) is 4. The summed E-state index contributed by atoms with van der Waals surface area (Å²) in [6.45, 7) is 1.90. The van der Waals surface area contributed by atoms with Crippen LogP contribution in [0.5, 0.6) is 0 Å². The number of anilines is 1. The number of carbonyl (C=O) groups is 1. The number of sulfonamides is 1. The van der Waals surface area contributed by atoms with Gasteiger partial charge in [0.1, 0.15) is 0 Å². The first-order chi connectivity index (χ1) is 13.4. The monoisotopic (exact) mass is 435 g/mol. The Bertz CT molecular complexity index is 967. The zero-order chi connectivity index (χ0) is 19.7. The number of hydrogen-bond donors (Lipinski definition) is 3. The van der Waals surface area contributed by atoms with Gasteiger partial charge in [0, 0.05) is 18.1 Å². The predicted molar refractivity (Wildman–Crippen MR) is 116 cm³/mol. The Morgan fingerprint density at radius 3 is 2.28 bits per heavy atom. The van der Waals surface area contributed by atoms with Crippen molar-refractivity contribution in [1.82, 2.24) is 10.6 Å². The highest BCUT2D eigenvalue weighted by molar-refractivity contribution is 7.92. The van der Waals surface area contributed by atoms with Crippen LogP contribution in [0.4, 0.5) is 5.69 Å². The van der Waals surface area contributed by atoms with E-state index in [1.165, 1.54) is 0 Å². The lowest BCUT2D eigenvalue weighted by Gasteiger charge is -2.29. The molecule has 0 aromatic heterocycles. The Kier molecular flexibility index (Phi) is 6.51. The molecule has 2 heterocycles. The molecule has 2 unspecified atom stereocenters. The number of carbonyl (C=O) groups excluding carboxylic acids is 1. The molecule has 2 bridgehead atoms. The van der Waals surface area contributed by atoms with Crippen molar-refractivity contribution in [2.45, 2.75) is 55.6 Å². The predicted octanol–water partition coefficient (Wildman–Crippen LogP) is 3.23. The number of aryl methyl sites for hydroxylation is 1. The van der Waals surface area contributed by atoms with Crippen molar-refractivity contribution in [3.63, 3.8) is 0 Å². The molecule has 1 amide bonds. The van der Waals surface area contributed by atoms with Gasteiger partial charge in [0.05, 0.1) is 16.1 Å². The lowest BCUT2D eigenvalue weighted by molar-refractivity contribution is 0.0925. The summed E-state index contributed by atoms with van der Waals surface area (Å²) in [4.78, 5) is 13.0. The molecule has 2 fully saturated rings. The van der Waals surface area contributed by atoms with Crippen LogP contribution in [0.25, 0.3) is 0 Å². The maximum Gasteiger partial charge on any atom is 0.261 e. The van der Waals surface area contributed by atoms with Crippen molar-refractivity contribution in [1.29, 1.82) is 0 Å². The van der Waals surface area contributed by atoms with Crippen LogP contribution in [0.2, 0.25) is 0 Å². The average molecular weight is 436 g/mol. The van der Waals surface area contributed by atoms with Gasteiger partial charge in [-0.2, -0.15) is 0 Å². The molecule has 2 saturated heterocycles. The van der Waals surface area contributed by atoms with E-state index in [9.17, 15) is 13.2 Å². The molecule has 2 aliphatic heterocycles. The average Bonchev–Trinajstić information content (AvgIpc) is 3.00. The van der Waals surface area contributed by atoms with Gasteiger partial charge in [0.25, 0.3) is 15.9 Å². The summed E-state index contributed by atoms with van der Waals surface area (Å²) in [5, 5.41) is 6.65. The fraction of sp³-hybridized carbons (Fsp3) is 0.381. The van der Waals surface area contributed by atoms with E-state index < -0.39 is 10.0 Å².